The Labute approximate surface area is 60.6 Å². The van der Waals surface area contributed by atoms with Crippen LogP contribution in [0.25, 0.3) is 0 Å². The van der Waals surface area contributed by atoms with Crippen LogP contribution in [-0.4, -0.2) is 16.6 Å². The van der Waals surface area contributed by atoms with Crippen LogP contribution in [0, 0.1) is 0 Å². The van der Waals surface area contributed by atoms with Gasteiger partial charge in [0.15, 0.2) is 0 Å². The first-order chi connectivity index (χ1) is 4.35. The highest BCUT2D eigenvalue weighted by Gasteiger charge is 1.99. The fraction of sp³-hybridized carbons (Fsp3) is 0.714. The van der Waals surface area contributed by atoms with Crippen molar-refractivity contribution >= 4 is 10.5 Å². The molecule has 1 nitrogen and oxygen atoms in total. The van der Waals surface area contributed by atoms with Crippen LogP contribution in [0.1, 0.15) is 26.2 Å². The topological polar surface area (TPSA) is 9.23 Å². The van der Waals surface area contributed by atoms with Gasteiger partial charge in [0.2, 0.25) is 0 Å². The monoisotopic (exact) mass is 144 g/mol. The maximum atomic E-state index is 5.29. The quantitative estimate of drug-likeness (QED) is 0.413. The van der Waals surface area contributed by atoms with E-state index in [4.69, 9.17) is 4.43 Å². The zero-order chi connectivity index (χ0) is 7.11. The number of hydrogen-bond donors (Lipinski definition) is 0. The Balaban J connectivity index is 3.19. The molecular weight excluding hydrogens is 128 g/mol. The van der Waals surface area contributed by atoms with Crippen molar-refractivity contribution in [2.45, 2.75) is 32.3 Å². The van der Waals surface area contributed by atoms with Gasteiger partial charge in [0, 0.05) is 6.10 Å². The minimum absolute atomic E-state index is 0.495. The van der Waals surface area contributed by atoms with Crippen LogP contribution in [0.4, 0.5) is 0 Å². The summed E-state index contributed by atoms with van der Waals surface area (Å²) in [6.07, 6.45) is 5.81. The van der Waals surface area contributed by atoms with Crippen LogP contribution in [0.15, 0.2) is 12.7 Å². The average Bonchev–Trinajstić information content (AvgIpc) is 1.91. The van der Waals surface area contributed by atoms with Crippen LogP contribution in [0.2, 0.25) is 0 Å². The summed E-state index contributed by atoms with van der Waals surface area (Å²) in [6, 6.07) is 0. The molecule has 0 aromatic heterocycles. The van der Waals surface area contributed by atoms with Gasteiger partial charge >= 0.3 is 0 Å². The van der Waals surface area contributed by atoms with E-state index in [1.165, 1.54) is 0 Å². The molecule has 0 aliphatic carbocycles. The number of rotatable bonds is 5. The third-order valence-electron chi connectivity index (χ3n) is 1.48. The average molecular weight is 144 g/mol. The van der Waals surface area contributed by atoms with Crippen molar-refractivity contribution in [1.29, 1.82) is 0 Å². The van der Waals surface area contributed by atoms with E-state index in [1.54, 1.807) is 0 Å². The van der Waals surface area contributed by atoms with Crippen LogP contribution < -0.4 is 0 Å². The highest BCUT2D eigenvalue weighted by molar-refractivity contribution is 5.98. The van der Waals surface area contributed by atoms with E-state index in [0.717, 1.165) is 29.7 Å². The van der Waals surface area contributed by atoms with Crippen molar-refractivity contribution in [1.82, 2.24) is 0 Å². The van der Waals surface area contributed by atoms with E-state index in [9.17, 15) is 0 Å². The normalized spacial score (nSPS) is 13.4. The maximum Gasteiger partial charge on any atom is 0.146 e. The minimum Gasteiger partial charge on any atom is -0.425 e. The van der Waals surface area contributed by atoms with Crippen molar-refractivity contribution < 1.29 is 4.43 Å². The molecule has 0 aromatic carbocycles. The molecule has 0 fully saturated rings. The molecule has 0 amide bonds. The molecule has 0 saturated heterocycles. The van der Waals surface area contributed by atoms with Crippen molar-refractivity contribution in [3.63, 3.8) is 0 Å². The molecule has 0 aliphatic heterocycles. The molecule has 9 heavy (non-hydrogen) atoms. The summed E-state index contributed by atoms with van der Waals surface area (Å²) < 4.78 is 5.29. The van der Waals surface area contributed by atoms with E-state index < -0.39 is 0 Å². The van der Waals surface area contributed by atoms with E-state index in [1.807, 2.05) is 6.08 Å². The summed E-state index contributed by atoms with van der Waals surface area (Å²) in [5.41, 5.74) is 0. The first-order valence-corrected chi connectivity index (χ1v) is 4.30. The number of hydrogen-bond acceptors (Lipinski definition) is 1. The van der Waals surface area contributed by atoms with E-state index in [-0.39, 0.29) is 0 Å². The molecule has 0 radical (unpaired) electrons. The number of allylic oxidation sites excluding steroid dienone is 1. The second-order valence-corrected chi connectivity index (χ2v) is 2.60. The summed E-state index contributed by atoms with van der Waals surface area (Å²) >= 11 is 0. The lowest BCUT2D eigenvalue weighted by Gasteiger charge is -2.10. The smallest absolute Gasteiger partial charge is 0.146 e. The second-order valence-electron chi connectivity index (χ2n) is 2.13. The highest BCUT2D eigenvalue weighted by Crippen LogP contribution is 2.04. The van der Waals surface area contributed by atoms with Crippen LogP contribution in [0.3, 0.4) is 0 Å². The first kappa shape index (κ1) is 8.92. The van der Waals surface area contributed by atoms with Gasteiger partial charge in [-0.2, -0.15) is 0 Å². The van der Waals surface area contributed by atoms with Gasteiger partial charge in [0.25, 0.3) is 0 Å². The molecule has 0 saturated carbocycles. The Morgan fingerprint density at radius 2 is 2.44 bits per heavy atom. The van der Waals surface area contributed by atoms with Crippen LogP contribution in [0.5, 0.6) is 0 Å². The molecule has 0 spiro atoms. The Morgan fingerprint density at radius 1 is 1.78 bits per heavy atom. The van der Waals surface area contributed by atoms with Gasteiger partial charge in [-0.25, -0.2) is 0 Å². The molecule has 1 atom stereocenters. The zero-order valence-corrected chi connectivity index (χ0v) is 8.39. The first-order valence-electron chi connectivity index (χ1n) is 3.48. The lowest BCUT2D eigenvalue weighted by Crippen LogP contribution is -2.08. The van der Waals surface area contributed by atoms with Crippen molar-refractivity contribution in [2.24, 2.45) is 0 Å². The van der Waals surface area contributed by atoms with Gasteiger partial charge in [-0.05, 0) is 19.3 Å². The van der Waals surface area contributed by atoms with E-state index in [2.05, 4.69) is 13.5 Å². The third kappa shape index (κ3) is 4.42. The Kier molecular flexibility index (Phi) is 5.99. The van der Waals surface area contributed by atoms with Crippen LogP contribution in [-0.2, 0) is 4.43 Å². The Bertz CT molecular complexity index is 69.3. The summed E-state index contributed by atoms with van der Waals surface area (Å²) in [5, 5.41) is 0. The third-order valence-corrected chi connectivity index (χ3v) is 2.15. The predicted molar refractivity (Wildman–Crippen MR) is 44.5 cm³/mol. The maximum absolute atomic E-state index is 5.29. The van der Waals surface area contributed by atoms with Crippen molar-refractivity contribution in [3.05, 3.63) is 12.7 Å². The summed E-state index contributed by atoms with van der Waals surface area (Å²) in [4.78, 5) is 0. The Morgan fingerprint density at radius 3 is 2.78 bits per heavy atom. The zero-order valence-electron chi connectivity index (χ0n) is 6.39. The fourth-order valence-electron chi connectivity index (χ4n) is 0.792. The van der Waals surface area contributed by atoms with Gasteiger partial charge in [-0.15, -0.1) is 6.58 Å². The highest BCUT2D eigenvalue weighted by atomic mass is 28.2. The molecule has 0 aliphatic rings. The van der Waals surface area contributed by atoms with Gasteiger partial charge in [0.1, 0.15) is 10.5 Å². The summed E-state index contributed by atoms with van der Waals surface area (Å²) in [7, 11) is 0.864. The second kappa shape index (κ2) is 6.04. The molecule has 0 bridgehead atoms. The molecule has 1 unspecified atom stereocenters. The predicted octanol–water partition coefficient (Wildman–Crippen LogP) is 1.03. The Hall–Kier alpha value is -0.0831. The molecule has 0 rings (SSSR count). The van der Waals surface area contributed by atoms with Crippen molar-refractivity contribution in [2.75, 3.05) is 0 Å². The van der Waals surface area contributed by atoms with Gasteiger partial charge in [0.05, 0.1) is 0 Å². The lowest BCUT2D eigenvalue weighted by atomic mass is 10.1. The standard InChI is InChI=1S/C7H16OSi/c1-3-5-6-7(4-2)8-9/h3,7H,1,4-6H2,2,9H3. The van der Waals surface area contributed by atoms with Gasteiger partial charge in [-0.3, -0.25) is 0 Å². The molecule has 0 N–H and O–H groups in total. The summed E-state index contributed by atoms with van der Waals surface area (Å²) in [5.74, 6) is 0. The van der Waals surface area contributed by atoms with Gasteiger partial charge in [-0.1, -0.05) is 13.0 Å². The largest absolute Gasteiger partial charge is 0.425 e. The lowest BCUT2D eigenvalue weighted by molar-refractivity contribution is 0.206. The minimum atomic E-state index is 0.495. The van der Waals surface area contributed by atoms with Crippen LogP contribution >= 0.6 is 0 Å². The molecule has 2 heteroatoms. The molecule has 0 aromatic rings. The molecule has 0 heterocycles. The van der Waals surface area contributed by atoms with Crippen molar-refractivity contribution in [3.8, 4) is 0 Å². The molecular formula is C7H16OSi. The summed E-state index contributed by atoms with van der Waals surface area (Å²) in [6.45, 7) is 5.82. The van der Waals surface area contributed by atoms with Gasteiger partial charge < -0.3 is 4.43 Å². The molecule has 54 valence electrons. The van der Waals surface area contributed by atoms with E-state index in [0.29, 0.717) is 6.10 Å². The fourth-order valence-corrected chi connectivity index (χ4v) is 1.36. The SMILES string of the molecule is C=CCCC(CC)O[SiH3]. The van der Waals surface area contributed by atoms with E-state index >= 15 is 0 Å².